The van der Waals surface area contributed by atoms with E-state index in [2.05, 4.69) is 0 Å². The topological polar surface area (TPSA) is 77.4 Å². The van der Waals surface area contributed by atoms with E-state index in [0.717, 1.165) is 16.7 Å². The van der Waals surface area contributed by atoms with Crippen molar-refractivity contribution in [3.8, 4) is 0 Å². The summed E-state index contributed by atoms with van der Waals surface area (Å²) in [5.74, 6) is 0. The van der Waals surface area contributed by atoms with E-state index in [1.807, 2.05) is 91.0 Å². The second kappa shape index (κ2) is 12.0. The van der Waals surface area contributed by atoms with E-state index < -0.39 is 30.7 Å². The van der Waals surface area contributed by atoms with Gasteiger partial charge in [0.2, 0.25) is 0 Å². The molecule has 174 valence electrons. The number of hydrogen-bond acceptors (Lipinski definition) is 6. The van der Waals surface area contributed by atoms with Crippen molar-refractivity contribution in [1.82, 2.24) is 0 Å². The summed E-state index contributed by atoms with van der Waals surface area (Å²) in [7, 11) is 0. The van der Waals surface area contributed by atoms with Crippen molar-refractivity contribution < 1.29 is 29.2 Å². The minimum absolute atomic E-state index is 0.284. The van der Waals surface area contributed by atoms with E-state index in [4.69, 9.17) is 18.9 Å². The lowest BCUT2D eigenvalue weighted by atomic mass is 9.98. The maximum absolute atomic E-state index is 10.7. The number of ether oxygens (including phenoxy) is 4. The van der Waals surface area contributed by atoms with Gasteiger partial charge in [-0.05, 0) is 16.7 Å². The molecular weight excluding hydrogens is 420 g/mol. The average molecular weight is 451 g/mol. The lowest BCUT2D eigenvalue weighted by Crippen LogP contribution is -2.61. The van der Waals surface area contributed by atoms with Gasteiger partial charge in [0.05, 0.1) is 26.4 Å². The Balaban J connectivity index is 1.53. The summed E-state index contributed by atoms with van der Waals surface area (Å²) in [6, 6.07) is 29.3. The molecule has 0 unspecified atom stereocenters. The summed E-state index contributed by atoms with van der Waals surface area (Å²) >= 11 is 0. The molecular formula is C27H30O6. The molecule has 0 spiro atoms. The Bertz CT molecular complexity index is 937. The van der Waals surface area contributed by atoms with Crippen LogP contribution in [0, 0.1) is 0 Å². The molecule has 5 atom stereocenters. The molecule has 0 bridgehead atoms. The number of hydrogen-bond donors (Lipinski definition) is 2. The Labute approximate surface area is 194 Å². The van der Waals surface area contributed by atoms with Gasteiger partial charge in [0, 0.05) is 0 Å². The van der Waals surface area contributed by atoms with E-state index in [-0.39, 0.29) is 13.2 Å². The first-order valence-electron chi connectivity index (χ1n) is 11.2. The van der Waals surface area contributed by atoms with Gasteiger partial charge in [0.25, 0.3) is 0 Å². The third-order valence-corrected chi connectivity index (χ3v) is 5.65. The molecule has 0 amide bonds. The Morgan fingerprint density at radius 2 is 0.970 bits per heavy atom. The standard InChI is InChI=1S/C27H30O6/c28-16-23-24(30-17-20-10-4-1-5-11-20)25(31-18-21-12-6-2-7-13-21)26(27(29)33-23)32-19-22-14-8-3-9-15-22/h1-15,23-29H,16-19H2/t23-,24-,25+,26+,27+/m1/s1. The molecule has 0 radical (unpaired) electrons. The highest BCUT2D eigenvalue weighted by molar-refractivity contribution is 5.15. The smallest absolute Gasteiger partial charge is 0.184 e. The molecule has 1 saturated heterocycles. The van der Waals surface area contributed by atoms with Crippen LogP contribution in [-0.4, -0.2) is 47.5 Å². The Morgan fingerprint density at radius 3 is 1.39 bits per heavy atom. The zero-order chi connectivity index (χ0) is 22.9. The fourth-order valence-electron chi connectivity index (χ4n) is 3.91. The van der Waals surface area contributed by atoms with Crippen LogP contribution in [0.25, 0.3) is 0 Å². The summed E-state index contributed by atoms with van der Waals surface area (Å²) in [6.45, 7) is 0.601. The molecule has 1 fully saturated rings. The molecule has 1 aliphatic heterocycles. The predicted molar refractivity (Wildman–Crippen MR) is 123 cm³/mol. The van der Waals surface area contributed by atoms with Crippen molar-refractivity contribution in [2.45, 2.75) is 50.5 Å². The van der Waals surface area contributed by atoms with Gasteiger partial charge in [0.15, 0.2) is 6.29 Å². The first kappa shape index (κ1) is 23.6. The summed E-state index contributed by atoms with van der Waals surface area (Å²) in [6.07, 6.45) is -4.09. The van der Waals surface area contributed by atoms with Crippen LogP contribution in [0.4, 0.5) is 0 Å². The van der Waals surface area contributed by atoms with E-state index in [1.54, 1.807) is 0 Å². The lowest BCUT2D eigenvalue weighted by Gasteiger charge is -2.44. The van der Waals surface area contributed by atoms with Crippen LogP contribution in [0.5, 0.6) is 0 Å². The van der Waals surface area contributed by atoms with Crippen LogP contribution >= 0.6 is 0 Å². The first-order valence-corrected chi connectivity index (χ1v) is 11.2. The maximum Gasteiger partial charge on any atom is 0.184 e. The lowest BCUT2D eigenvalue weighted by molar-refractivity contribution is -0.315. The zero-order valence-corrected chi connectivity index (χ0v) is 18.4. The van der Waals surface area contributed by atoms with Crippen molar-refractivity contribution in [2.24, 2.45) is 0 Å². The van der Waals surface area contributed by atoms with Gasteiger partial charge in [0.1, 0.15) is 24.4 Å². The molecule has 0 saturated carbocycles. The summed E-state index contributed by atoms with van der Waals surface area (Å²) in [4.78, 5) is 0. The summed E-state index contributed by atoms with van der Waals surface area (Å²) < 4.78 is 24.3. The second-order valence-corrected chi connectivity index (χ2v) is 8.03. The Kier molecular flexibility index (Phi) is 8.60. The predicted octanol–water partition coefficient (Wildman–Crippen LogP) is 3.45. The summed E-state index contributed by atoms with van der Waals surface area (Å²) in [5, 5.41) is 20.7. The normalized spacial score (nSPS) is 25.1. The third kappa shape index (κ3) is 6.48. The fourth-order valence-corrected chi connectivity index (χ4v) is 3.91. The Hall–Kier alpha value is -2.58. The van der Waals surface area contributed by atoms with Crippen LogP contribution in [-0.2, 0) is 38.8 Å². The van der Waals surface area contributed by atoms with Gasteiger partial charge in [-0.2, -0.15) is 0 Å². The van der Waals surface area contributed by atoms with E-state index in [9.17, 15) is 10.2 Å². The minimum Gasteiger partial charge on any atom is -0.394 e. The highest BCUT2D eigenvalue weighted by atomic mass is 16.7. The highest BCUT2D eigenvalue weighted by Gasteiger charge is 2.47. The number of aliphatic hydroxyl groups excluding tert-OH is 2. The van der Waals surface area contributed by atoms with Crippen LogP contribution < -0.4 is 0 Å². The molecule has 6 heteroatoms. The van der Waals surface area contributed by atoms with Crippen LogP contribution in [0.3, 0.4) is 0 Å². The first-order chi connectivity index (χ1) is 16.2. The number of rotatable bonds is 10. The van der Waals surface area contributed by atoms with Crippen molar-refractivity contribution in [3.63, 3.8) is 0 Å². The molecule has 4 rings (SSSR count). The van der Waals surface area contributed by atoms with Crippen LogP contribution in [0.2, 0.25) is 0 Å². The second-order valence-electron chi connectivity index (χ2n) is 8.03. The van der Waals surface area contributed by atoms with Crippen LogP contribution in [0.15, 0.2) is 91.0 Å². The molecule has 33 heavy (non-hydrogen) atoms. The molecule has 3 aromatic rings. The molecule has 0 aromatic heterocycles. The summed E-state index contributed by atoms with van der Waals surface area (Å²) in [5.41, 5.74) is 2.95. The van der Waals surface area contributed by atoms with Crippen molar-refractivity contribution >= 4 is 0 Å². The van der Waals surface area contributed by atoms with E-state index >= 15 is 0 Å². The maximum atomic E-state index is 10.7. The fraction of sp³-hybridized carbons (Fsp3) is 0.333. The molecule has 6 nitrogen and oxygen atoms in total. The quantitative estimate of drug-likeness (QED) is 0.493. The SMILES string of the molecule is OC[C@H]1O[C@H](O)[C@@H](OCc2ccccc2)[C@@H](OCc2ccccc2)[C@@H]1OCc1ccccc1. The van der Waals surface area contributed by atoms with E-state index in [0.29, 0.717) is 13.2 Å². The molecule has 0 aliphatic carbocycles. The highest BCUT2D eigenvalue weighted by Crippen LogP contribution is 2.29. The van der Waals surface area contributed by atoms with Crippen LogP contribution in [0.1, 0.15) is 16.7 Å². The van der Waals surface area contributed by atoms with Gasteiger partial charge in [-0.15, -0.1) is 0 Å². The number of aliphatic hydroxyl groups is 2. The van der Waals surface area contributed by atoms with Crippen molar-refractivity contribution in [1.29, 1.82) is 0 Å². The third-order valence-electron chi connectivity index (χ3n) is 5.65. The Morgan fingerprint density at radius 1 is 0.576 bits per heavy atom. The monoisotopic (exact) mass is 450 g/mol. The van der Waals surface area contributed by atoms with Gasteiger partial charge in [-0.25, -0.2) is 0 Å². The van der Waals surface area contributed by atoms with Crippen molar-refractivity contribution in [3.05, 3.63) is 108 Å². The zero-order valence-electron chi connectivity index (χ0n) is 18.4. The average Bonchev–Trinajstić information content (AvgIpc) is 2.87. The van der Waals surface area contributed by atoms with Gasteiger partial charge >= 0.3 is 0 Å². The molecule has 3 aromatic carbocycles. The van der Waals surface area contributed by atoms with E-state index in [1.165, 1.54) is 0 Å². The molecule has 1 aliphatic rings. The van der Waals surface area contributed by atoms with Gasteiger partial charge in [-0.1, -0.05) is 91.0 Å². The van der Waals surface area contributed by atoms with Crippen molar-refractivity contribution in [2.75, 3.05) is 6.61 Å². The largest absolute Gasteiger partial charge is 0.394 e. The molecule has 2 N–H and O–H groups in total. The van der Waals surface area contributed by atoms with Gasteiger partial charge < -0.3 is 29.2 Å². The molecule has 1 heterocycles. The minimum atomic E-state index is -1.26. The van der Waals surface area contributed by atoms with Gasteiger partial charge in [-0.3, -0.25) is 0 Å². The number of benzene rings is 3.